The molecule has 3 aliphatic rings. The highest BCUT2D eigenvalue weighted by atomic mass is 32.5. The van der Waals surface area contributed by atoms with Crippen molar-refractivity contribution in [2.24, 2.45) is 5.41 Å². The number of aliphatic hydroxyl groups excluding tert-OH is 9. The first kappa shape index (κ1) is 94.4. The van der Waals surface area contributed by atoms with Crippen LogP contribution in [-0.2, 0) is 129 Å². The monoisotopic (exact) mass is 1580 g/mol. The average Bonchev–Trinajstić information content (AvgIpc) is 0.821. The highest BCUT2D eigenvalue weighted by Crippen LogP contribution is 2.46. The minimum Gasteiger partial charge on any atom is -0.394 e. The zero-order chi connectivity index (χ0) is 75.1. The molecule has 0 aromatic rings. The van der Waals surface area contributed by atoms with Gasteiger partial charge in [-0.3, -0.25) is 14.4 Å². The molecule has 0 aromatic heterocycles. The molecule has 3 saturated heterocycles. The van der Waals surface area contributed by atoms with Crippen molar-refractivity contribution in [3.8, 4) is 0 Å². The van der Waals surface area contributed by atoms with Crippen molar-refractivity contribution in [2.45, 2.75) is 223 Å². The van der Waals surface area contributed by atoms with Gasteiger partial charge in [-0.25, -0.2) is 0 Å². The van der Waals surface area contributed by atoms with Crippen molar-refractivity contribution in [1.29, 1.82) is 0 Å². The Labute approximate surface area is 607 Å². The van der Waals surface area contributed by atoms with Crippen LogP contribution in [0.25, 0.3) is 0 Å². The molecule has 3 heterocycles. The first-order valence-electron chi connectivity index (χ1n) is 34.1. The highest BCUT2D eigenvalue weighted by molar-refractivity contribution is 8.07. The molecule has 0 bridgehead atoms. The fourth-order valence-electron chi connectivity index (χ4n) is 10.2. The van der Waals surface area contributed by atoms with E-state index in [-0.39, 0.29) is 131 Å². The van der Waals surface area contributed by atoms with E-state index in [4.69, 9.17) is 115 Å². The third-order valence-corrected chi connectivity index (χ3v) is 20.3. The number of unbranched alkanes of at least 4 members (excludes halogenated alkanes) is 6. The average molecular weight is 1580 g/mol. The second kappa shape index (κ2) is 50.8. The summed E-state index contributed by atoms with van der Waals surface area (Å²) in [6.45, 7) is -1.40. The Morgan fingerprint density at radius 1 is 0.366 bits per heavy atom. The molecule has 596 valence electrons. The summed E-state index contributed by atoms with van der Waals surface area (Å²) in [6.07, 6.45) is -9.26. The van der Waals surface area contributed by atoms with E-state index in [1.54, 1.807) is 0 Å². The smallest absolute Gasteiger partial charge is 0.324 e. The van der Waals surface area contributed by atoms with Gasteiger partial charge in [-0.05, 0) is 127 Å². The van der Waals surface area contributed by atoms with Crippen molar-refractivity contribution >= 4 is 73.3 Å². The third kappa shape index (κ3) is 39.4. The van der Waals surface area contributed by atoms with Crippen LogP contribution in [0.3, 0.4) is 0 Å². The Balaban J connectivity index is 1.59. The minimum atomic E-state index is -3.70. The van der Waals surface area contributed by atoms with Crippen LogP contribution in [0.15, 0.2) is 0 Å². The van der Waals surface area contributed by atoms with Gasteiger partial charge in [0.05, 0.1) is 96.9 Å². The zero-order valence-electron chi connectivity index (χ0n) is 58.8. The quantitative estimate of drug-likeness (QED) is 0.0271. The van der Waals surface area contributed by atoms with Gasteiger partial charge >= 0.3 is 20.2 Å². The molecule has 101 heavy (non-hydrogen) atoms. The molecular weight excluding hydrogens is 1460 g/mol. The summed E-state index contributed by atoms with van der Waals surface area (Å²) in [5.41, 5.74) is -1.17. The van der Waals surface area contributed by atoms with E-state index in [2.05, 4.69) is 16.0 Å². The number of aliphatic hydroxyl groups is 9. The largest absolute Gasteiger partial charge is 0.394 e. The lowest BCUT2D eigenvalue weighted by molar-refractivity contribution is -0.270. The van der Waals surface area contributed by atoms with Crippen molar-refractivity contribution in [3.05, 3.63) is 0 Å². The van der Waals surface area contributed by atoms with Crippen molar-refractivity contribution in [1.82, 2.24) is 16.0 Å². The molecule has 35 nitrogen and oxygen atoms in total. The Morgan fingerprint density at radius 2 is 0.604 bits per heavy atom. The van der Waals surface area contributed by atoms with Gasteiger partial charge in [-0.1, -0.05) is 12.8 Å². The van der Waals surface area contributed by atoms with Gasteiger partial charge in [0.1, 0.15) is 73.1 Å². The lowest BCUT2D eigenvalue weighted by Crippen LogP contribution is -2.64. The molecule has 41 heteroatoms. The van der Waals surface area contributed by atoms with E-state index in [9.17, 15) is 75.0 Å². The predicted octanol–water partition coefficient (Wildman–Crippen LogP) is -0.443. The van der Waals surface area contributed by atoms with Crippen LogP contribution in [0.2, 0.25) is 0 Å². The number of carbonyl (C=O) groups excluding carboxylic acids is 3. The summed E-state index contributed by atoms with van der Waals surface area (Å²) in [7, 11) is 0. The Morgan fingerprint density at radius 3 is 0.861 bits per heavy atom. The first-order valence-corrected chi connectivity index (χ1v) is 41.9. The second-order valence-corrected chi connectivity index (χ2v) is 34.1. The number of hydrogen-bond acceptors (Lipinski definition) is 32. The van der Waals surface area contributed by atoms with Crippen LogP contribution in [0.4, 0.5) is 0 Å². The maximum atomic E-state index is 11.8. The van der Waals surface area contributed by atoms with Crippen LogP contribution in [-0.4, -0.2) is 315 Å². The molecule has 18 atom stereocenters. The van der Waals surface area contributed by atoms with E-state index in [0.717, 1.165) is 25.7 Å². The number of carbonyl (C=O) groups is 3. The number of nitrogens with one attached hydrogen (secondary N) is 3. The van der Waals surface area contributed by atoms with Crippen molar-refractivity contribution in [3.63, 3.8) is 0 Å². The Kier molecular flexibility index (Phi) is 47.5. The Hall–Kier alpha value is -0.800. The first-order chi connectivity index (χ1) is 47.8. The molecule has 0 radical (unpaired) electrons. The van der Waals surface area contributed by atoms with E-state index in [0.29, 0.717) is 51.7 Å². The third-order valence-electron chi connectivity index (χ3n) is 15.4. The van der Waals surface area contributed by atoms with Gasteiger partial charge in [-0.15, -0.1) is 0 Å². The normalized spacial score (nSPS) is 28.2. The standard InChI is InChI=1S/C60H116N3O32P3S3/c1-41(67)61-47-53(73)50(70)44(34-64)93-56(47)83-24-11-14-28-87-96(76,99)90-31-17-21-80-38-60(37-79-20-9-7-8-10-27-86-59(4,5)6,39-81-22-18-32-91-97(77,100)88-29-15-12-25-84-57-48(62-42(2)68)54(74)51(71)45(35-65)94-57)40-82-23-19-33-92-98(78,101)89-30-16-13-26-85-58-49(63-43(3)69)55(75)52(72)46(36-66)95-58/h44-58,64-66,70-75H,7-40H2,1-6H3,(H,61,67)(H,62,68)(H,63,69)(H,76,99)(H,77,100)(H,78,101)/t44-,45-,46-,47?,48?,49?,50+,51+,52+,53-,54-,55-,56-,57-,58-,60?,96?,97?,98?/m0/s1. The second-order valence-electron chi connectivity index (χ2n) is 25.6. The molecular formula is C60H116N3O32P3S3. The summed E-state index contributed by atoms with van der Waals surface area (Å²) >= 11 is 15.7. The SMILES string of the molecule is CC(=O)NC1[C@@H](OCCCCOP(O)(=S)OCCCOCC(COCCCCCCOC(C)(C)C)(COCCCOP(O)(=S)OCCCCO[C@H]2O[C@@H](CO)[C@@H](O)[C@@H](O)C2NC(C)=O)COCCCOP(O)(=S)OCCCCO[C@H]2O[C@@H](CO)[C@@H](O)[C@@H](O)C2NC(C)=O)O[C@@H](CO)[C@@H](O)[C@H]1O. The minimum absolute atomic E-state index is 0.00175. The summed E-state index contributed by atoms with van der Waals surface area (Å²) in [5.74, 6) is -1.48. The van der Waals surface area contributed by atoms with Gasteiger partial charge in [0.2, 0.25) is 17.7 Å². The van der Waals surface area contributed by atoms with E-state index >= 15 is 0 Å². The van der Waals surface area contributed by atoms with E-state index in [1.165, 1.54) is 20.8 Å². The number of ether oxygens (including phenoxy) is 11. The molecule has 3 aliphatic heterocycles. The fourth-order valence-corrected chi connectivity index (χ4v) is 13.9. The molecule has 3 rings (SSSR count). The highest BCUT2D eigenvalue weighted by Gasteiger charge is 2.48. The number of amides is 3. The van der Waals surface area contributed by atoms with Crippen LogP contribution < -0.4 is 16.0 Å². The van der Waals surface area contributed by atoms with Crippen LogP contribution >= 0.6 is 20.2 Å². The molecule has 15 N–H and O–H groups in total. The fraction of sp³-hybridized carbons (Fsp3) is 0.950. The van der Waals surface area contributed by atoms with Crippen LogP contribution in [0.5, 0.6) is 0 Å². The van der Waals surface area contributed by atoms with Gasteiger partial charge < -0.3 is 156 Å². The van der Waals surface area contributed by atoms with E-state index < -0.39 is 155 Å². The van der Waals surface area contributed by atoms with Crippen LogP contribution in [0, 0.1) is 5.41 Å². The Bertz CT molecular complexity index is 2200. The molecule has 3 fully saturated rings. The number of hydrogen-bond donors (Lipinski definition) is 15. The molecule has 0 spiro atoms. The van der Waals surface area contributed by atoms with Crippen molar-refractivity contribution in [2.75, 3.05) is 139 Å². The molecule has 0 aromatic carbocycles. The van der Waals surface area contributed by atoms with Gasteiger partial charge in [-0.2, -0.15) is 0 Å². The zero-order valence-corrected chi connectivity index (χ0v) is 63.9. The van der Waals surface area contributed by atoms with Gasteiger partial charge in [0.25, 0.3) is 0 Å². The van der Waals surface area contributed by atoms with Gasteiger partial charge in [0.15, 0.2) is 18.9 Å². The van der Waals surface area contributed by atoms with Gasteiger partial charge in [0, 0.05) is 73.6 Å². The predicted molar refractivity (Wildman–Crippen MR) is 371 cm³/mol. The van der Waals surface area contributed by atoms with Crippen LogP contribution in [0.1, 0.15) is 125 Å². The maximum absolute atomic E-state index is 11.8. The summed E-state index contributed by atoms with van der Waals surface area (Å²) in [5, 5.41) is 98.8. The lowest BCUT2D eigenvalue weighted by atomic mass is 9.92. The maximum Gasteiger partial charge on any atom is 0.324 e. The molecule has 0 aliphatic carbocycles. The molecule has 6 unspecified atom stereocenters. The summed E-state index contributed by atoms with van der Waals surface area (Å²) in [4.78, 5) is 67.8. The topological polar surface area (TPSA) is 487 Å². The lowest BCUT2D eigenvalue weighted by Gasteiger charge is -2.42. The van der Waals surface area contributed by atoms with E-state index in [1.807, 2.05) is 20.8 Å². The van der Waals surface area contributed by atoms with Crippen molar-refractivity contribution < 1.29 is 154 Å². The molecule has 3 amide bonds. The molecule has 0 saturated carbocycles. The summed E-state index contributed by atoms with van der Waals surface area (Å²) < 4.78 is 98.2. The number of rotatable bonds is 57. The summed E-state index contributed by atoms with van der Waals surface area (Å²) in [6, 6.07) is -3.30.